The molecule has 3 aromatic rings. The molecule has 0 saturated carbocycles. The van der Waals surface area contributed by atoms with Gasteiger partial charge in [-0.2, -0.15) is 0 Å². The fraction of sp³-hybridized carbons (Fsp3) is 0. The Bertz CT molecular complexity index is 675. The molecule has 3 aromatic carbocycles. The Morgan fingerprint density at radius 2 is 1.11 bits per heavy atom. The lowest BCUT2D eigenvalue weighted by Crippen LogP contribution is -2.68. The summed E-state index contributed by atoms with van der Waals surface area (Å²) in [5, 5.41) is 4.11. The molecule has 90 valence electrons. The second-order valence-corrected chi connectivity index (χ2v) is 4.50. The quantitative estimate of drug-likeness (QED) is 0.263. The molecule has 0 atom stereocenters. The lowest BCUT2D eigenvalue weighted by atomic mass is 10.0. The van der Waals surface area contributed by atoms with Crippen molar-refractivity contribution < 1.29 is 0 Å². The predicted molar refractivity (Wildman–Crippen MR) is 75.8 cm³/mol. The second-order valence-electron chi connectivity index (χ2n) is 4.50. The van der Waals surface area contributed by atoms with E-state index >= 15 is 0 Å². The van der Waals surface area contributed by atoms with Crippen molar-refractivity contribution in [3.63, 3.8) is 0 Å². The van der Waals surface area contributed by atoms with E-state index in [2.05, 4.69) is 6.07 Å². The predicted octanol–water partition coefficient (Wildman–Crippen LogP) is 1.92. The van der Waals surface area contributed by atoms with E-state index in [0.717, 1.165) is 27.2 Å². The van der Waals surface area contributed by atoms with Gasteiger partial charge in [0.05, 0.1) is 0 Å². The molecule has 0 amide bonds. The van der Waals surface area contributed by atoms with Crippen molar-refractivity contribution in [3.8, 4) is 0 Å². The standard InChI is InChI=1S/C14H15N4/c15-18(16,17)14-12-7-3-1-5-10(12)9-11-6-2-4-8-13(11)14/h1-9H,15-17H2/q+1. The fourth-order valence-corrected chi connectivity index (χ4v) is 2.41. The van der Waals surface area contributed by atoms with Crippen LogP contribution >= 0.6 is 0 Å². The molecule has 4 heteroatoms. The molecular formula is C14H15N4+. The van der Waals surface area contributed by atoms with Crippen molar-refractivity contribution in [2.45, 2.75) is 0 Å². The van der Waals surface area contributed by atoms with Crippen LogP contribution in [0.1, 0.15) is 0 Å². The van der Waals surface area contributed by atoms with E-state index in [-0.39, 0.29) is 0 Å². The van der Waals surface area contributed by atoms with Crippen LogP contribution in [0.3, 0.4) is 0 Å². The highest BCUT2D eigenvalue weighted by Gasteiger charge is 2.23. The van der Waals surface area contributed by atoms with Gasteiger partial charge in [-0.3, -0.25) is 0 Å². The van der Waals surface area contributed by atoms with Crippen LogP contribution in [0, 0.1) is 0 Å². The van der Waals surface area contributed by atoms with Gasteiger partial charge in [0.15, 0.2) is 0 Å². The zero-order valence-electron chi connectivity index (χ0n) is 9.88. The maximum absolute atomic E-state index is 5.88. The average Bonchev–Trinajstić information content (AvgIpc) is 2.34. The van der Waals surface area contributed by atoms with Crippen molar-refractivity contribution in [2.75, 3.05) is 0 Å². The summed E-state index contributed by atoms with van der Waals surface area (Å²) >= 11 is 0. The minimum Gasteiger partial charge on any atom is -0.136 e. The molecule has 0 fully saturated rings. The number of rotatable bonds is 1. The molecule has 0 aliphatic rings. The minimum atomic E-state index is -0.665. The third-order valence-corrected chi connectivity index (χ3v) is 3.13. The van der Waals surface area contributed by atoms with Gasteiger partial charge in [0.1, 0.15) is 0 Å². The lowest BCUT2D eigenvalue weighted by Gasteiger charge is -2.22. The summed E-state index contributed by atoms with van der Waals surface area (Å²) in [7, 11) is 0. The Kier molecular flexibility index (Phi) is 2.33. The monoisotopic (exact) mass is 239 g/mol. The molecule has 0 aliphatic heterocycles. The number of nitrogens with zero attached hydrogens (tertiary/aromatic N) is 1. The third-order valence-electron chi connectivity index (χ3n) is 3.13. The summed E-state index contributed by atoms with van der Waals surface area (Å²) in [6.07, 6.45) is 0. The Morgan fingerprint density at radius 1 is 0.667 bits per heavy atom. The van der Waals surface area contributed by atoms with E-state index in [4.69, 9.17) is 17.5 Å². The molecule has 0 spiro atoms. The summed E-state index contributed by atoms with van der Waals surface area (Å²) in [5.74, 6) is 17.6. The molecule has 6 N–H and O–H groups in total. The molecule has 0 bridgehead atoms. The number of quaternary nitrogens is 1. The van der Waals surface area contributed by atoms with Gasteiger partial charge in [-0.1, -0.05) is 41.2 Å². The largest absolute Gasteiger partial charge is 0.207 e. The Balaban J connectivity index is 2.58. The van der Waals surface area contributed by atoms with Crippen LogP contribution in [-0.4, -0.2) is 0 Å². The maximum Gasteiger partial charge on any atom is 0.207 e. The van der Waals surface area contributed by atoms with Gasteiger partial charge < -0.3 is 0 Å². The highest BCUT2D eigenvalue weighted by atomic mass is 15.9. The first kappa shape index (κ1) is 11.1. The summed E-state index contributed by atoms with van der Waals surface area (Å²) in [5.41, 5.74) is 0.726. The lowest BCUT2D eigenvalue weighted by molar-refractivity contribution is 0.307. The molecule has 18 heavy (non-hydrogen) atoms. The van der Waals surface area contributed by atoms with E-state index in [0.29, 0.717) is 0 Å². The smallest absolute Gasteiger partial charge is 0.136 e. The van der Waals surface area contributed by atoms with E-state index in [1.807, 2.05) is 48.5 Å². The highest BCUT2D eigenvalue weighted by Crippen LogP contribution is 2.34. The molecule has 4 nitrogen and oxygen atoms in total. The molecule has 0 heterocycles. The third kappa shape index (κ3) is 1.64. The first-order valence-corrected chi connectivity index (χ1v) is 5.73. The fourth-order valence-electron chi connectivity index (χ4n) is 2.41. The van der Waals surface area contributed by atoms with Gasteiger partial charge in [-0.25, -0.2) is 0 Å². The van der Waals surface area contributed by atoms with E-state index in [9.17, 15) is 0 Å². The van der Waals surface area contributed by atoms with E-state index in [1.165, 1.54) is 0 Å². The van der Waals surface area contributed by atoms with Crippen LogP contribution in [-0.2, 0) is 0 Å². The van der Waals surface area contributed by atoms with Crippen LogP contribution < -0.4 is 22.3 Å². The van der Waals surface area contributed by atoms with Crippen molar-refractivity contribution in [2.24, 2.45) is 17.5 Å². The van der Waals surface area contributed by atoms with E-state index in [1.54, 1.807) is 0 Å². The van der Waals surface area contributed by atoms with Crippen LogP contribution in [0.4, 0.5) is 5.69 Å². The van der Waals surface area contributed by atoms with Crippen molar-refractivity contribution in [1.29, 1.82) is 0 Å². The molecular weight excluding hydrogens is 224 g/mol. The Morgan fingerprint density at radius 3 is 1.56 bits per heavy atom. The van der Waals surface area contributed by atoms with Crippen LogP contribution in [0.2, 0.25) is 0 Å². The number of fused-ring (bicyclic) bond motifs is 2. The number of benzene rings is 3. The zero-order chi connectivity index (χ0) is 12.8. The Labute approximate surface area is 105 Å². The Hall–Kier alpha value is -1.98. The summed E-state index contributed by atoms with van der Waals surface area (Å²) < 4.78 is 0. The number of hydrogen-bond donors (Lipinski definition) is 3. The molecule has 0 unspecified atom stereocenters. The zero-order valence-corrected chi connectivity index (χ0v) is 9.88. The molecule has 0 aliphatic carbocycles. The van der Waals surface area contributed by atoms with Gasteiger partial charge >= 0.3 is 0 Å². The first-order chi connectivity index (χ1) is 8.57. The maximum atomic E-state index is 5.88. The van der Waals surface area contributed by atoms with Gasteiger partial charge in [0.25, 0.3) is 0 Å². The normalized spacial score (nSPS) is 12.2. The molecule has 0 radical (unpaired) electrons. The van der Waals surface area contributed by atoms with Crippen molar-refractivity contribution >= 4 is 27.2 Å². The molecule has 0 saturated heterocycles. The topological polar surface area (TPSA) is 78.1 Å². The van der Waals surface area contributed by atoms with Crippen molar-refractivity contribution in [1.82, 2.24) is 4.81 Å². The second kappa shape index (κ2) is 3.76. The first-order valence-electron chi connectivity index (χ1n) is 5.73. The summed E-state index contributed by atoms with van der Waals surface area (Å²) in [4.78, 5) is -0.665. The van der Waals surface area contributed by atoms with Gasteiger partial charge in [0, 0.05) is 10.8 Å². The van der Waals surface area contributed by atoms with Crippen LogP contribution in [0.25, 0.3) is 21.5 Å². The number of hydrogen-bond acceptors (Lipinski definition) is 3. The van der Waals surface area contributed by atoms with Crippen LogP contribution in [0.15, 0.2) is 54.6 Å². The average molecular weight is 239 g/mol. The van der Waals surface area contributed by atoms with Gasteiger partial charge in [-0.15, -0.1) is 17.5 Å². The van der Waals surface area contributed by atoms with E-state index < -0.39 is 4.81 Å². The minimum absolute atomic E-state index is 0.665. The SMILES string of the molecule is N[N+](N)(N)c1c2ccccc2cc2ccccc12. The van der Waals surface area contributed by atoms with Gasteiger partial charge in [-0.05, 0) is 29.0 Å². The summed E-state index contributed by atoms with van der Waals surface area (Å²) in [6.45, 7) is 0. The molecule has 3 rings (SSSR count). The van der Waals surface area contributed by atoms with Crippen LogP contribution in [0.5, 0.6) is 0 Å². The highest BCUT2D eigenvalue weighted by molar-refractivity contribution is 6.10. The van der Waals surface area contributed by atoms with Gasteiger partial charge in [0.2, 0.25) is 5.69 Å². The van der Waals surface area contributed by atoms with Crippen molar-refractivity contribution in [3.05, 3.63) is 54.6 Å². The molecule has 0 aromatic heterocycles. The summed E-state index contributed by atoms with van der Waals surface area (Å²) in [6, 6.07) is 18.0. The number of nitrogens with two attached hydrogens (primary N) is 3.